The molecule has 0 aromatic rings. The van der Waals surface area contributed by atoms with Gasteiger partial charge in [0, 0.05) is 25.7 Å². The lowest BCUT2D eigenvalue weighted by atomic mass is 10.1. The average molecular weight is 299 g/mol. The van der Waals surface area contributed by atoms with Crippen LogP contribution in [0.4, 0.5) is 4.79 Å². The number of ether oxygens (including phenoxy) is 1. The Morgan fingerprint density at radius 2 is 1.95 bits per heavy atom. The second-order valence-corrected chi connectivity index (χ2v) is 5.90. The Hall–Kier alpha value is -1.34. The normalized spacial score (nSPS) is 24.2. The number of carbonyl (C=O) groups is 2. The predicted molar refractivity (Wildman–Crippen MR) is 77.2 cm³/mol. The maximum Gasteiger partial charge on any atom is 0.317 e. The summed E-state index contributed by atoms with van der Waals surface area (Å²) in [6.07, 6.45) is 2.67. The van der Waals surface area contributed by atoms with E-state index < -0.39 is 5.97 Å². The average Bonchev–Trinajstić information content (AvgIpc) is 2.84. The number of urea groups is 1. The zero-order valence-corrected chi connectivity index (χ0v) is 12.6. The van der Waals surface area contributed by atoms with Crippen molar-refractivity contribution in [2.75, 3.05) is 39.8 Å². The van der Waals surface area contributed by atoms with Crippen LogP contribution in [-0.4, -0.2) is 78.9 Å². The Morgan fingerprint density at radius 3 is 2.52 bits per heavy atom. The molecule has 2 amide bonds. The molecule has 2 aliphatic rings. The fourth-order valence-corrected chi connectivity index (χ4v) is 2.86. The van der Waals surface area contributed by atoms with Crippen LogP contribution >= 0.6 is 0 Å². The summed E-state index contributed by atoms with van der Waals surface area (Å²) in [6.45, 7) is 3.55. The van der Waals surface area contributed by atoms with Crippen LogP contribution in [0.2, 0.25) is 0 Å². The molecule has 21 heavy (non-hydrogen) atoms. The van der Waals surface area contributed by atoms with E-state index >= 15 is 0 Å². The second-order valence-electron chi connectivity index (χ2n) is 5.90. The van der Waals surface area contributed by atoms with Crippen LogP contribution in [0.5, 0.6) is 0 Å². The first kappa shape index (κ1) is 16.0. The van der Waals surface area contributed by atoms with Crippen molar-refractivity contribution < 1.29 is 19.4 Å². The van der Waals surface area contributed by atoms with Crippen LogP contribution in [0.15, 0.2) is 0 Å². The molecular formula is C14H25N3O4. The summed E-state index contributed by atoms with van der Waals surface area (Å²) in [5.74, 6) is -0.839. The van der Waals surface area contributed by atoms with Crippen molar-refractivity contribution in [3.8, 4) is 0 Å². The van der Waals surface area contributed by atoms with Crippen LogP contribution in [0.3, 0.4) is 0 Å². The molecule has 7 heteroatoms. The lowest BCUT2D eigenvalue weighted by Crippen LogP contribution is -2.49. The number of likely N-dealkylation sites (N-methyl/N-ethyl adjacent to an activating group) is 1. The Morgan fingerprint density at radius 1 is 1.24 bits per heavy atom. The predicted octanol–water partition coefficient (Wildman–Crippen LogP) is 0.356. The van der Waals surface area contributed by atoms with Gasteiger partial charge in [0.1, 0.15) is 0 Å². The van der Waals surface area contributed by atoms with E-state index in [0.29, 0.717) is 13.1 Å². The van der Waals surface area contributed by atoms with Crippen LogP contribution in [0.25, 0.3) is 0 Å². The van der Waals surface area contributed by atoms with Gasteiger partial charge < -0.3 is 25.0 Å². The molecule has 0 aromatic carbocycles. The third-order valence-corrected chi connectivity index (χ3v) is 4.12. The Labute approximate surface area is 125 Å². The molecule has 1 unspecified atom stereocenters. The van der Waals surface area contributed by atoms with E-state index in [1.807, 2.05) is 4.90 Å². The number of piperidine rings is 1. The number of nitrogens with zero attached hydrogens (tertiary/aromatic N) is 2. The highest BCUT2D eigenvalue weighted by Gasteiger charge is 2.26. The van der Waals surface area contributed by atoms with Crippen molar-refractivity contribution in [2.45, 2.75) is 37.8 Å². The zero-order chi connectivity index (χ0) is 15.2. The third-order valence-electron chi connectivity index (χ3n) is 4.12. The number of hydrogen-bond acceptors (Lipinski definition) is 4. The van der Waals surface area contributed by atoms with Crippen molar-refractivity contribution in [2.24, 2.45) is 0 Å². The molecule has 0 saturated carbocycles. The van der Waals surface area contributed by atoms with Gasteiger partial charge in [0.2, 0.25) is 0 Å². The molecule has 120 valence electrons. The maximum atomic E-state index is 12.1. The van der Waals surface area contributed by atoms with Gasteiger partial charge in [-0.25, -0.2) is 4.79 Å². The second kappa shape index (κ2) is 7.61. The summed E-state index contributed by atoms with van der Waals surface area (Å²) in [4.78, 5) is 26.6. The molecule has 7 nitrogen and oxygen atoms in total. The largest absolute Gasteiger partial charge is 0.481 e. The van der Waals surface area contributed by atoms with Gasteiger partial charge in [0.05, 0.1) is 19.1 Å². The minimum Gasteiger partial charge on any atom is -0.481 e. The van der Waals surface area contributed by atoms with E-state index in [1.165, 1.54) is 0 Å². The molecule has 2 N–H and O–H groups in total. The zero-order valence-electron chi connectivity index (χ0n) is 12.6. The minimum atomic E-state index is -0.839. The summed E-state index contributed by atoms with van der Waals surface area (Å²) in [7, 11) is 2.06. The summed E-state index contributed by atoms with van der Waals surface area (Å²) in [6, 6.07) is 0.270. The van der Waals surface area contributed by atoms with E-state index in [1.54, 1.807) is 0 Å². The fourth-order valence-electron chi connectivity index (χ4n) is 2.86. The first-order valence-corrected chi connectivity index (χ1v) is 7.62. The lowest BCUT2D eigenvalue weighted by Gasteiger charge is -2.32. The highest BCUT2D eigenvalue weighted by Crippen LogP contribution is 2.15. The highest BCUT2D eigenvalue weighted by molar-refractivity contribution is 5.74. The monoisotopic (exact) mass is 299 g/mol. The summed E-state index contributed by atoms with van der Waals surface area (Å²) in [5, 5.41) is 11.6. The van der Waals surface area contributed by atoms with Gasteiger partial charge in [-0.2, -0.15) is 0 Å². The Bertz CT molecular complexity index is 369. The summed E-state index contributed by atoms with van der Waals surface area (Å²) < 4.78 is 5.52. The van der Waals surface area contributed by atoms with E-state index in [0.717, 1.165) is 32.4 Å². The molecule has 2 rings (SSSR count). The number of nitrogens with one attached hydrogen (secondary N) is 1. The quantitative estimate of drug-likeness (QED) is 0.766. The Balaban J connectivity index is 1.63. The SMILES string of the molecule is CN1CCC(NC(=O)N2CCC(OCCC(=O)O)CC2)C1. The number of likely N-dealkylation sites (tertiary alicyclic amines) is 2. The first-order chi connectivity index (χ1) is 10.0. The molecule has 0 aromatic heterocycles. The van der Waals surface area contributed by atoms with Crippen molar-refractivity contribution in [3.05, 3.63) is 0 Å². The summed E-state index contributed by atoms with van der Waals surface area (Å²) in [5.41, 5.74) is 0. The third kappa shape index (κ3) is 5.17. The molecule has 0 bridgehead atoms. The van der Waals surface area contributed by atoms with Crippen LogP contribution in [-0.2, 0) is 9.53 Å². The highest BCUT2D eigenvalue weighted by atomic mass is 16.5. The van der Waals surface area contributed by atoms with Crippen LogP contribution in [0, 0.1) is 0 Å². The van der Waals surface area contributed by atoms with Gasteiger partial charge in [-0.15, -0.1) is 0 Å². The minimum absolute atomic E-state index is 0.0132. The molecule has 2 heterocycles. The number of carboxylic acids is 1. The van der Waals surface area contributed by atoms with Crippen molar-refractivity contribution in [1.29, 1.82) is 0 Å². The number of hydrogen-bond donors (Lipinski definition) is 2. The summed E-state index contributed by atoms with van der Waals surface area (Å²) >= 11 is 0. The van der Waals surface area contributed by atoms with Crippen LogP contribution in [0.1, 0.15) is 25.7 Å². The first-order valence-electron chi connectivity index (χ1n) is 7.62. The van der Waals surface area contributed by atoms with E-state index in [9.17, 15) is 9.59 Å². The number of aliphatic carboxylic acids is 1. The number of carboxylic acid groups (broad SMARTS) is 1. The maximum absolute atomic E-state index is 12.1. The number of rotatable bonds is 5. The van der Waals surface area contributed by atoms with E-state index in [-0.39, 0.29) is 31.2 Å². The van der Waals surface area contributed by atoms with Gasteiger partial charge in [0.15, 0.2) is 0 Å². The standard InChI is InChI=1S/C14H25N3O4/c1-16-6-2-11(10-16)15-14(20)17-7-3-12(4-8-17)21-9-5-13(18)19/h11-12H,2-10H2,1H3,(H,15,20)(H,18,19). The van der Waals surface area contributed by atoms with Gasteiger partial charge in [-0.05, 0) is 32.9 Å². The van der Waals surface area contributed by atoms with Gasteiger partial charge >= 0.3 is 12.0 Å². The topological polar surface area (TPSA) is 82.1 Å². The van der Waals surface area contributed by atoms with Gasteiger partial charge in [-0.1, -0.05) is 0 Å². The molecule has 0 aliphatic carbocycles. The van der Waals surface area contributed by atoms with Crippen molar-refractivity contribution in [1.82, 2.24) is 15.1 Å². The molecule has 0 radical (unpaired) electrons. The van der Waals surface area contributed by atoms with E-state index in [2.05, 4.69) is 17.3 Å². The molecule has 0 spiro atoms. The molecular weight excluding hydrogens is 274 g/mol. The molecule has 1 atom stereocenters. The number of carbonyl (C=O) groups excluding carboxylic acids is 1. The molecule has 2 saturated heterocycles. The molecule has 2 aliphatic heterocycles. The van der Waals surface area contributed by atoms with Crippen molar-refractivity contribution >= 4 is 12.0 Å². The van der Waals surface area contributed by atoms with Crippen molar-refractivity contribution in [3.63, 3.8) is 0 Å². The van der Waals surface area contributed by atoms with Crippen LogP contribution < -0.4 is 5.32 Å². The van der Waals surface area contributed by atoms with Gasteiger partial charge in [0.25, 0.3) is 0 Å². The Kier molecular flexibility index (Phi) is 5.81. The lowest BCUT2D eigenvalue weighted by molar-refractivity contribution is -0.138. The smallest absolute Gasteiger partial charge is 0.317 e. The van der Waals surface area contributed by atoms with Gasteiger partial charge in [-0.3, -0.25) is 4.79 Å². The fraction of sp³-hybridized carbons (Fsp3) is 0.857. The number of amides is 2. The molecule has 2 fully saturated rings. The van der Waals surface area contributed by atoms with E-state index in [4.69, 9.17) is 9.84 Å².